The van der Waals surface area contributed by atoms with E-state index in [2.05, 4.69) is 16.0 Å². The Hall–Kier alpha value is -3.01. The Kier molecular flexibility index (Phi) is 10.2. The molecule has 0 aromatic heterocycles. The van der Waals surface area contributed by atoms with Gasteiger partial charge in [0.05, 0.1) is 12.2 Å². The molecule has 4 rings (SSSR count). The van der Waals surface area contributed by atoms with E-state index in [-0.39, 0.29) is 36.8 Å². The molecule has 2 saturated heterocycles. The van der Waals surface area contributed by atoms with Crippen LogP contribution in [-0.4, -0.2) is 84.8 Å². The lowest BCUT2D eigenvalue weighted by Crippen LogP contribution is -2.55. The minimum atomic E-state index is -0.854. The third-order valence-corrected chi connectivity index (χ3v) is 7.63. The summed E-state index contributed by atoms with van der Waals surface area (Å²) in [6.07, 6.45) is 3.05. The van der Waals surface area contributed by atoms with Gasteiger partial charge in [-0.3, -0.25) is 14.4 Å². The molecular formula is C31H44N4O5. The van der Waals surface area contributed by atoms with Gasteiger partial charge < -0.3 is 30.7 Å². The fourth-order valence-corrected chi connectivity index (χ4v) is 5.42. The van der Waals surface area contributed by atoms with Crippen LogP contribution in [0.5, 0.6) is 0 Å². The summed E-state index contributed by atoms with van der Waals surface area (Å²) in [4.78, 5) is 41.5. The van der Waals surface area contributed by atoms with E-state index < -0.39 is 23.6 Å². The van der Waals surface area contributed by atoms with Gasteiger partial charge in [-0.05, 0) is 42.0 Å². The van der Waals surface area contributed by atoms with E-state index in [1.165, 1.54) is 0 Å². The number of hydrogen-bond donors (Lipinski definition) is 4. The van der Waals surface area contributed by atoms with Crippen LogP contribution in [0.1, 0.15) is 52.0 Å². The fraction of sp³-hybridized carbons (Fsp3) is 0.581. The van der Waals surface area contributed by atoms with Crippen LogP contribution in [0.2, 0.25) is 0 Å². The summed E-state index contributed by atoms with van der Waals surface area (Å²) in [5.74, 6) is -0.763. The van der Waals surface area contributed by atoms with Crippen LogP contribution in [-0.2, 0) is 25.5 Å². The van der Waals surface area contributed by atoms with Crippen molar-refractivity contribution in [3.63, 3.8) is 0 Å². The SMILES string of the molecule is CC(C)(C)C(=O)N1CCC[C@H]1C(=O)N[C@H](Cc1ccc2ccccc2c1)C(=O)NCC(O)CNCC1CCCO1. The van der Waals surface area contributed by atoms with Gasteiger partial charge >= 0.3 is 0 Å². The second-order valence-corrected chi connectivity index (χ2v) is 12.0. The molecule has 9 heteroatoms. The van der Waals surface area contributed by atoms with Gasteiger partial charge in [0.15, 0.2) is 0 Å². The summed E-state index contributed by atoms with van der Waals surface area (Å²) in [7, 11) is 0. The molecule has 2 fully saturated rings. The monoisotopic (exact) mass is 552 g/mol. The lowest BCUT2D eigenvalue weighted by molar-refractivity contribution is -0.145. The number of ether oxygens (including phenoxy) is 1. The minimum Gasteiger partial charge on any atom is -0.390 e. The first-order valence-corrected chi connectivity index (χ1v) is 14.5. The maximum atomic E-state index is 13.5. The highest BCUT2D eigenvalue weighted by Crippen LogP contribution is 2.26. The third-order valence-electron chi connectivity index (χ3n) is 7.63. The first-order chi connectivity index (χ1) is 19.1. The van der Waals surface area contributed by atoms with Crippen molar-refractivity contribution in [1.82, 2.24) is 20.9 Å². The molecule has 218 valence electrons. The average Bonchev–Trinajstić information content (AvgIpc) is 3.63. The number of amides is 3. The van der Waals surface area contributed by atoms with Gasteiger partial charge in [-0.15, -0.1) is 0 Å². The Morgan fingerprint density at radius 3 is 2.55 bits per heavy atom. The standard InChI is InChI=1S/C31H44N4O5/c1-31(2,3)30(39)35-14-6-11-27(35)29(38)34-26(17-21-12-13-22-8-4-5-9-23(22)16-21)28(37)33-19-24(36)18-32-20-25-10-7-15-40-25/h4-5,8-9,12-13,16,24-27,32,36H,6-7,10-11,14-15,17-20H2,1-3H3,(H,33,37)(H,34,38)/t24?,25?,26-,27+/m1/s1. The summed E-state index contributed by atoms with van der Waals surface area (Å²) in [6, 6.07) is 12.5. The van der Waals surface area contributed by atoms with Crippen molar-refractivity contribution in [3.05, 3.63) is 48.0 Å². The highest BCUT2D eigenvalue weighted by atomic mass is 16.5. The molecule has 2 aliphatic heterocycles. The maximum Gasteiger partial charge on any atom is 0.243 e. The van der Waals surface area contributed by atoms with Crippen molar-refractivity contribution < 1.29 is 24.2 Å². The predicted octanol–water partition coefficient (Wildman–Crippen LogP) is 2.15. The quantitative estimate of drug-likeness (QED) is 0.339. The van der Waals surface area contributed by atoms with E-state index in [0.717, 1.165) is 42.2 Å². The number of carbonyl (C=O) groups excluding carboxylic acids is 3. The summed E-state index contributed by atoms with van der Waals surface area (Å²) in [6.45, 7) is 7.89. The number of aliphatic hydroxyl groups excluding tert-OH is 1. The summed E-state index contributed by atoms with van der Waals surface area (Å²) < 4.78 is 5.59. The van der Waals surface area contributed by atoms with Crippen molar-refractivity contribution in [2.75, 3.05) is 32.8 Å². The van der Waals surface area contributed by atoms with Gasteiger partial charge in [0.25, 0.3) is 0 Å². The van der Waals surface area contributed by atoms with E-state index in [0.29, 0.717) is 26.1 Å². The van der Waals surface area contributed by atoms with E-state index in [4.69, 9.17) is 4.74 Å². The molecule has 0 radical (unpaired) electrons. The normalized spacial score (nSPS) is 20.9. The molecule has 0 spiro atoms. The van der Waals surface area contributed by atoms with Gasteiger partial charge in [0.2, 0.25) is 17.7 Å². The van der Waals surface area contributed by atoms with Crippen molar-refractivity contribution in [2.24, 2.45) is 5.41 Å². The molecule has 2 heterocycles. The number of rotatable bonds is 11. The zero-order chi connectivity index (χ0) is 28.7. The second-order valence-electron chi connectivity index (χ2n) is 12.0. The molecule has 40 heavy (non-hydrogen) atoms. The Morgan fingerprint density at radius 2 is 1.82 bits per heavy atom. The molecule has 0 aliphatic carbocycles. The van der Waals surface area contributed by atoms with Gasteiger partial charge in [0.1, 0.15) is 12.1 Å². The van der Waals surface area contributed by atoms with Crippen LogP contribution in [0.4, 0.5) is 0 Å². The molecule has 2 unspecified atom stereocenters. The van der Waals surface area contributed by atoms with Crippen LogP contribution in [0.15, 0.2) is 42.5 Å². The smallest absolute Gasteiger partial charge is 0.243 e. The number of aliphatic hydroxyl groups is 1. The maximum absolute atomic E-state index is 13.5. The minimum absolute atomic E-state index is 0.0551. The molecule has 0 saturated carbocycles. The summed E-state index contributed by atoms with van der Waals surface area (Å²) in [5, 5.41) is 21.5. The van der Waals surface area contributed by atoms with Crippen molar-refractivity contribution in [3.8, 4) is 0 Å². The van der Waals surface area contributed by atoms with E-state index in [1.54, 1.807) is 4.90 Å². The number of likely N-dealkylation sites (tertiary alicyclic amines) is 1. The Labute approximate surface area is 237 Å². The van der Waals surface area contributed by atoms with Crippen molar-refractivity contribution in [1.29, 1.82) is 0 Å². The number of nitrogens with one attached hydrogen (secondary N) is 3. The highest BCUT2D eigenvalue weighted by molar-refractivity contribution is 5.93. The van der Waals surface area contributed by atoms with Gasteiger partial charge in [-0.2, -0.15) is 0 Å². The molecule has 2 aromatic rings. The first kappa shape index (κ1) is 30.0. The molecule has 9 nitrogen and oxygen atoms in total. The highest BCUT2D eigenvalue weighted by Gasteiger charge is 2.39. The molecule has 4 atom stereocenters. The summed E-state index contributed by atoms with van der Waals surface area (Å²) >= 11 is 0. The average molecular weight is 553 g/mol. The van der Waals surface area contributed by atoms with Crippen LogP contribution in [0.3, 0.4) is 0 Å². The van der Waals surface area contributed by atoms with E-state index in [1.807, 2.05) is 63.2 Å². The number of nitrogens with zero attached hydrogens (tertiary/aromatic N) is 1. The van der Waals surface area contributed by atoms with E-state index in [9.17, 15) is 19.5 Å². The summed E-state index contributed by atoms with van der Waals surface area (Å²) in [5.41, 5.74) is 0.311. The lowest BCUT2D eigenvalue weighted by Gasteiger charge is -2.31. The van der Waals surface area contributed by atoms with E-state index >= 15 is 0 Å². The lowest BCUT2D eigenvalue weighted by atomic mass is 9.94. The van der Waals surface area contributed by atoms with Gasteiger partial charge in [-0.1, -0.05) is 63.2 Å². The molecular weight excluding hydrogens is 508 g/mol. The van der Waals surface area contributed by atoms with Crippen LogP contribution in [0, 0.1) is 5.41 Å². The predicted molar refractivity (Wildman–Crippen MR) is 155 cm³/mol. The van der Waals surface area contributed by atoms with Gasteiger partial charge in [0, 0.05) is 44.6 Å². The molecule has 2 aromatic carbocycles. The zero-order valence-corrected chi connectivity index (χ0v) is 23.9. The number of hydrogen-bond acceptors (Lipinski definition) is 6. The first-order valence-electron chi connectivity index (χ1n) is 14.5. The largest absolute Gasteiger partial charge is 0.390 e. The van der Waals surface area contributed by atoms with Gasteiger partial charge in [-0.25, -0.2) is 0 Å². The third kappa shape index (κ3) is 8.02. The number of fused-ring (bicyclic) bond motifs is 1. The topological polar surface area (TPSA) is 120 Å². The molecule has 4 N–H and O–H groups in total. The van der Waals surface area contributed by atoms with Crippen LogP contribution in [0.25, 0.3) is 10.8 Å². The van der Waals surface area contributed by atoms with Crippen molar-refractivity contribution in [2.45, 2.75) is 77.2 Å². The van der Waals surface area contributed by atoms with Crippen molar-refractivity contribution >= 4 is 28.5 Å². The molecule has 3 amide bonds. The number of benzene rings is 2. The Balaban J connectivity index is 1.41. The number of carbonyl (C=O) groups is 3. The molecule has 2 aliphatic rings. The Bertz CT molecular complexity index is 1170. The fourth-order valence-electron chi connectivity index (χ4n) is 5.42. The Morgan fingerprint density at radius 1 is 1.05 bits per heavy atom. The van der Waals surface area contributed by atoms with Crippen LogP contribution >= 0.6 is 0 Å². The molecule has 0 bridgehead atoms. The second kappa shape index (κ2) is 13.6. The zero-order valence-electron chi connectivity index (χ0n) is 23.9. The van der Waals surface area contributed by atoms with Crippen LogP contribution < -0.4 is 16.0 Å².